The van der Waals surface area contributed by atoms with Crippen LogP contribution in [-0.2, 0) is 6.42 Å². The molecule has 0 amide bonds. The minimum Gasteiger partial charge on any atom is -0.497 e. The van der Waals surface area contributed by atoms with Crippen LogP contribution in [0.3, 0.4) is 0 Å². The number of nitrogens with one attached hydrogen (secondary N) is 1. The third-order valence-corrected chi connectivity index (χ3v) is 6.16. The predicted octanol–water partition coefficient (Wildman–Crippen LogP) is 5.79. The van der Waals surface area contributed by atoms with Crippen molar-refractivity contribution in [3.63, 3.8) is 0 Å². The molecule has 0 fully saturated rings. The molecule has 6 nitrogen and oxygen atoms in total. The van der Waals surface area contributed by atoms with E-state index in [2.05, 4.69) is 15.2 Å². The number of benzene rings is 3. The summed E-state index contributed by atoms with van der Waals surface area (Å²) in [5, 5.41) is 9.52. The van der Waals surface area contributed by atoms with Crippen LogP contribution in [0, 0.1) is 0 Å². The van der Waals surface area contributed by atoms with Gasteiger partial charge in [0, 0.05) is 10.9 Å². The lowest BCUT2D eigenvalue weighted by molar-refractivity contribution is 0.102. The summed E-state index contributed by atoms with van der Waals surface area (Å²) in [6, 6.07) is 25.4. The van der Waals surface area contributed by atoms with Gasteiger partial charge in [-0.3, -0.25) is 4.79 Å². The average molecular weight is 456 g/mol. The number of carbonyl (C=O) groups is 1. The van der Waals surface area contributed by atoms with Crippen LogP contribution in [0.15, 0.2) is 88.5 Å². The van der Waals surface area contributed by atoms with Gasteiger partial charge in [0.15, 0.2) is 5.78 Å². The van der Waals surface area contributed by atoms with E-state index >= 15 is 0 Å². The first-order valence-corrected chi connectivity index (χ1v) is 11.5. The van der Waals surface area contributed by atoms with Crippen LogP contribution < -0.4 is 4.74 Å². The largest absolute Gasteiger partial charge is 0.497 e. The summed E-state index contributed by atoms with van der Waals surface area (Å²) in [5.41, 5.74) is 4.46. The van der Waals surface area contributed by atoms with E-state index < -0.39 is 0 Å². The number of carbonyl (C=O) groups excluding carboxylic acids is 1. The third-order valence-electron chi connectivity index (χ3n) is 5.34. The second kappa shape index (κ2) is 9.34. The molecule has 0 aliphatic heterocycles. The quantitative estimate of drug-likeness (QED) is 0.236. The fraction of sp³-hybridized carbons (Fsp3) is 0.115. The number of nitrogens with zero attached hydrogens (tertiary/aromatic N) is 2. The molecule has 0 radical (unpaired) electrons. The van der Waals surface area contributed by atoms with Crippen molar-refractivity contribution < 1.29 is 13.9 Å². The van der Waals surface area contributed by atoms with E-state index in [1.54, 1.807) is 7.11 Å². The maximum Gasteiger partial charge on any atom is 0.277 e. The van der Waals surface area contributed by atoms with Gasteiger partial charge in [-0.1, -0.05) is 72.4 Å². The molecule has 0 unspecified atom stereocenters. The molecular weight excluding hydrogens is 434 g/mol. The molecule has 5 rings (SSSR count). The number of rotatable bonds is 8. The molecule has 0 aliphatic carbocycles. The summed E-state index contributed by atoms with van der Waals surface area (Å²) in [6.07, 6.45) is 0.520. The van der Waals surface area contributed by atoms with Crippen LogP contribution >= 0.6 is 11.8 Å². The van der Waals surface area contributed by atoms with Crippen LogP contribution in [0.5, 0.6) is 5.75 Å². The van der Waals surface area contributed by atoms with Crippen molar-refractivity contribution in [1.29, 1.82) is 0 Å². The SMILES string of the molecule is COc1ccc(Cc2nnc(SCC(=O)c3c(-c4ccccc4)[nH]c4ccccc34)o2)cc1. The van der Waals surface area contributed by atoms with E-state index in [1.807, 2.05) is 78.9 Å². The summed E-state index contributed by atoms with van der Waals surface area (Å²) >= 11 is 1.25. The van der Waals surface area contributed by atoms with E-state index in [0.717, 1.165) is 33.5 Å². The van der Waals surface area contributed by atoms with E-state index in [4.69, 9.17) is 9.15 Å². The second-order valence-corrected chi connectivity index (χ2v) is 8.41. The van der Waals surface area contributed by atoms with Gasteiger partial charge in [0.1, 0.15) is 5.75 Å². The number of ether oxygens (including phenoxy) is 1. The van der Waals surface area contributed by atoms with E-state index in [9.17, 15) is 4.79 Å². The Bertz CT molecular complexity index is 1390. The first kappa shape index (κ1) is 21.0. The number of ketones is 1. The Morgan fingerprint density at radius 2 is 1.73 bits per heavy atom. The van der Waals surface area contributed by atoms with E-state index in [1.165, 1.54) is 11.8 Å². The van der Waals surface area contributed by atoms with Gasteiger partial charge in [-0.15, -0.1) is 10.2 Å². The van der Waals surface area contributed by atoms with E-state index in [0.29, 0.717) is 23.1 Å². The predicted molar refractivity (Wildman–Crippen MR) is 129 cm³/mol. The molecule has 0 bridgehead atoms. The molecule has 0 atom stereocenters. The summed E-state index contributed by atoms with van der Waals surface area (Å²) in [6.45, 7) is 0. The molecule has 0 saturated carbocycles. The number of aromatic nitrogens is 3. The lowest BCUT2D eigenvalue weighted by Crippen LogP contribution is -2.03. The fourth-order valence-corrected chi connectivity index (χ4v) is 4.39. The van der Waals surface area contributed by atoms with Crippen molar-refractivity contribution in [2.45, 2.75) is 11.6 Å². The molecule has 0 spiro atoms. The maximum atomic E-state index is 13.3. The molecule has 7 heteroatoms. The molecule has 33 heavy (non-hydrogen) atoms. The standard InChI is InChI=1S/C26H21N3O3S/c1-31-19-13-11-17(12-14-19)15-23-28-29-26(32-23)33-16-22(30)24-20-9-5-6-10-21(20)27-25(24)18-7-3-2-4-8-18/h2-14,27H,15-16H2,1H3. The van der Waals surface area contributed by atoms with Gasteiger partial charge in [0.05, 0.1) is 30.5 Å². The van der Waals surface area contributed by atoms with Gasteiger partial charge in [0.2, 0.25) is 5.89 Å². The van der Waals surface area contributed by atoms with Crippen molar-refractivity contribution in [1.82, 2.24) is 15.2 Å². The Morgan fingerprint density at radius 1 is 0.970 bits per heavy atom. The summed E-state index contributed by atoms with van der Waals surface area (Å²) in [5.74, 6) is 1.51. The Balaban J connectivity index is 1.33. The monoisotopic (exact) mass is 455 g/mol. The van der Waals surface area contributed by atoms with Gasteiger partial charge in [-0.05, 0) is 29.3 Å². The Morgan fingerprint density at radius 3 is 2.52 bits per heavy atom. The number of Topliss-reactive ketones (excluding diaryl/α,β-unsaturated/α-hetero) is 1. The first-order chi connectivity index (χ1) is 16.2. The second-order valence-electron chi connectivity index (χ2n) is 7.49. The minimum absolute atomic E-state index is 0.00575. The van der Waals surface area contributed by atoms with Crippen molar-refractivity contribution in [3.05, 3.63) is 95.9 Å². The summed E-state index contributed by atoms with van der Waals surface area (Å²) < 4.78 is 10.9. The van der Waals surface area contributed by atoms with Crippen LogP contribution in [0.4, 0.5) is 0 Å². The first-order valence-electron chi connectivity index (χ1n) is 10.5. The van der Waals surface area contributed by atoms with Crippen molar-refractivity contribution in [3.8, 4) is 17.0 Å². The maximum absolute atomic E-state index is 13.3. The lowest BCUT2D eigenvalue weighted by atomic mass is 10.0. The third kappa shape index (κ3) is 4.54. The zero-order chi connectivity index (χ0) is 22.6. The molecular formula is C26H21N3O3S. The Hall–Kier alpha value is -3.84. The van der Waals surface area contributed by atoms with Gasteiger partial charge >= 0.3 is 0 Å². The van der Waals surface area contributed by atoms with Gasteiger partial charge in [-0.2, -0.15) is 0 Å². The number of aromatic amines is 1. The molecule has 0 aliphatic rings. The topological polar surface area (TPSA) is 81.0 Å². The highest BCUT2D eigenvalue weighted by molar-refractivity contribution is 7.99. The van der Waals surface area contributed by atoms with Crippen LogP contribution in [0.1, 0.15) is 21.8 Å². The molecule has 0 saturated heterocycles. The van der Waals surface area contributed by atoms with Crippen LogP contribution in [-0.4, -0.2) is 33.8 Å². The Labute approximate surface area is 195 Å². The number of fused-ring (bicyclic) bond motifs is 1. The zero-order valence-corrected chi connectivity index (χ0v) is 18.8. The number of methoxy groups -OCH3 is 1. The molecule has 5 aromatic rings. The normalized spacial score (nSPS) is 11.1. The number of thioether (sulfide) groups is 1. The lowest BCUT2D eigenvalue weighted by Gasteiger charge is -2.04. The smallest absolute Gasteiger partial charge is 0.277 e. The fourth-order valence-electron chi connectivity index (χ4n) is 3.74. The highest BCUT2D eigenvalue weighted by Crippen LogP contribution is 2.32. The van der Waals surface area contributed by atoms with Crippen molar-refractivity contribution in [2.24, 2.45) is 0 Å². The summed E-state index contributed by atoms with van der Waals surface area (Å²) in [4.78, 5) is 16.7. The average Bonchev–Trinajstić information content (AvgIpc) is 3.48. The van der Waals surface area contributed by atoms with E-state index in [-0.39, 0.29) is 11.5 Å². The molecule has 164 valence electrons. The van der Waals surface area contributed by atoms with Crippen molar-refractivity contribution in [2.75, 3.05) is 12.9 Å². The zero-order valence-electron chi connectivity index (χ0n) is 17.9. The number of para-hydroxylation sites is 1. The van der Waals surface area contributed by atoms with Gasteiger partial charge in [-0.25, -0.2) is 0 Å². The molecule has 2 aromatic heterocycles. The number of H-pyrrole nitrogens is 1. The molecule has 1 N–H and O–H groups in total. The molecule has 2 heterocycles. The minimum atomic E-state index is 0.00575. The number of hydrogen-bond acceptors (Lipinski definition) is 6. The Kier molecular flexibility index (Phi) is 5.95. The highest BCUT2D eigenvalue weighted by Gasteiger charge is 2.20. The van der Waals surface area contributed by atoms with Gasteiger partial charge in [0.25, 0.3) is 5.22 Å². The molecule has 3 aromatic carbocycles. The van der Waals surface area contributed by atoms with Gasteiger partial charge < -0.3 is 14.1 Å². The summed E-state index contributed by atoms with van der Waals surface area (Å²) in [7, 11) is 1.64. The van der Waals surface area contributed by atoms with Crippen LogP contribution in [0.25, 0.3) is 22.2 Å². The highest BCUT2D eigenvalue weighted by atomic mass is 32.2. The van der Waals surface area contributed by atoms with Crippen LogP contribution in [0.2, 0.25) is 0 Å². The van der Waals surface area contributed by atoms with Crippen molar-refractivity contribution >= 4 is 28.4 Å². The number of hydrogen-bond donors (Lipinski definition) is 1.